The van der Waals surface area contributed by atoms with Crippen LogP contribution in [-0.4, -0.2) is 30.1 Å². The van der Waals surface area contributed by atoms with Gasteiger partial charge >= 0.3 is 0 Å². The van der Waals surface area contributed by atoms with E-state index in [1.54, 1.807) is 6.20 Å². The van der Waals surface area contributed by atoms with Gasteiger partial charge in [0.2, 0.25) is 5.95 Å². The standard InChI is InChI=1S/C16H22N4/c1-12-9-10-17-16(18-12)19-13(2)11-14-5-7-15(8-6-14)20(3)4/h5-10,13H,11H2,1-4H3,(H,17,18,19)/t13-/m0/s1. The van der Waals surface area contributed by atoms with E-state index in [0.717, 1.165) is 12.1 Å². The molecule has 0 radical (unpaired) electrons. The average Bonchev–Trinajstić information content (AvgIpc) is 2.39. The van der Waals surface area contributed by atoms with E-state index in [1.165, 1.54) is 11.3 Å². The highest BCUT2D eigenvalue weighted by molar-refractivity contribution is 5.46. The smallest absolute Gasteiger partial charge is 0.223 e. The summed E-state index contributed by atoms with van der Waals surface area (Å²) >= 11 is 0. The van der Waals surface area contributed by atoms with E-state index < -0.39 is 0 Å². The number of hydrogen-bond acceptors (Lipinski definition) is 4. The normalized spacial score (nSPS) is 12.0. The predicted molar refractivity (Wildman–Crippen MR) is 84.3 cm³/mol. The second-order valence-corrected chi connectivity index (χ2v) is 5.33. The van der Waals surface area contributed by atoms with Crippen LogP contribution in [0.1, 0.15) is 18.2 Å². The van der Waals surface area contributed by atoms with Crippen molar-refractivity contribution in [2.24, 2.45) is 0 Å². The van der Waals surface area contributed by atoms with Crippen molar-refractivity contribution in [3.63, 3.8) is 0 Å². The molecular formula is C16H22N4. The molecule has 0 fully saturated rings. The molecule has 1 atom stereocenters. The van der Waals surface area contributed by atoms with Crippen molar-refractivity contribution < 1.29 is 0 Å². The molecule has 0 aliphatic rings. The third-order valence-electron chi connectivity index (χ3n) is 3.16. The van der Waals surface area contributed by atoms with E-state index in [2.05, 4.69) is 51.4 Å². The maximum absolute atomic E-state index is 4.36. The van der Waals surface area contributed by atoms with E-state index in [1.807, 2.05) is 27.1 Å². The van der Waals surface area contributed by atoms with Gasteiger partial charge in [-0.3, -0.25) is 0 Å². The molecule has 2 rings (SSSR count). The summed E-state index contributed by atoms with van der Waals surface area (Å²) < 4.78 is 0. The maximum Gasteiger partial charge on any atom is 0.223 e. The van der Waals surface area contributed by atoms with Crippen LogP contribution in [0.25, 0.3) is 0 Å². The minimum Gasteiger partial charge on any atom is -0.378 e. The number of aromatic nitrogens is 2. The highest BCUT2D eigenvalue weighted by Crippen LogP contribution is 2.14. The number of rotatable bonds is 5. The first-order valence-electron chi connectivity index (χ1n) is 6.87. The SMILES string of the molecule is Cc1ccnc(N[C@@H](C)Cc2ccc(N(C)C)cc2)n1. The number of anilines is 2. The Kier molecular flexibility index (Phi) is 4.56. The van der Waals surface area contributed by atoms with Gasteiger partial charge in [0.1, 0.15) is 0 Å². The molecule has 0 spiro atoms. The van der Waals surface area contributed by atoms with Gasteiger partial charge in [-0.25, -0.2) is 9.97 Å². The first kappa shape index (κ1) is 14.3. The lowest BCUT2D eigenvalue weighted by atomic mass is 10.1. The number of benzene rings is 1. The molecule has 1 N–H and O–H groups in total. The summed E-state index contributed by atoms with van der Waals surface area (Å²) in [4.78, 5) is 10.7. The van der Waals surface area contributed by atoms with Gasteiger partial charge in [-0.05, 0) is 44.0 Å². The number of hydrogen-bond donors (Lipinski definition) is 1. The minimum absolute atomic E-state index is 0.294. The van der Waals surface area contributed by atoms with Crippen LogP contribution in [0, 0.1) is 6.92 Å². The Balaban J connectivity index is 1.95. The van der Waals surface area contributed by atoms with Crippen molar-refractivity contribution in [1.29, 1.82) is 0 Å². The fourth-order valence-corrected chi connectivity index (χ4v) is 2.07. The molecule has 0 unspecified atom stereocenters. The summed E-state index contributed by atoms with van der Waals surface area (Å²) in [5.41, 5.74) is 3.50. The summed E-state index contributed by atoms with van der Waals surface area (Å²) in [5, 5.41) is 3.34. The fraction of sp³-hybridized carbons (Fsp3) is 0.375. The lowest BCUT2D eigenvalue weighted by molar-refractivity contribution is 0.775. The maximum atomic E-state index is 4.36. The molecule has 2 aromatic rings. The Bertz CT molecular complexity index is 549. The van der Waals surface area contributed by atoms with Gasteiger partial charge in [-0.15, -0.1) is 0 Å². The van der Waals surface area contributed by atoms with Crippen molar-refractivity contribution >= 4 is 11.6 Å². The molecule has 4 nitrogen and oxygen atoms in total. The molecule has 106 valence electrons. The van der Waals surface area contributed by atoms with Crippen LogP contribution in [0.15, 0.2) is 36.5 Å². The Labute approximate surface area is 120 Å². The van der Waals surface area contributed by atoms with E-state index >= 15 is 0 Å². The zero-order chi connectivity index (χ0) is 14.5. The van der Waals surface area contributed by atoms with Crippen molar-refractivity contribution in [2.45, 2.75) is 26.3 Å². The molecule has 1 aromatic heterocycles. The lowest BCUT2D eigenvalue weighted by Gasteiger charge is -2.16. The second-order valence-electron chi connectivity index (χ2n) is 5.33. The predicted octanol–water partition coefficient (Wildman–Crippen LogP) is 2.89. The molecular weight excluding hydrogens is 248 g/mol. The molecule has 0 saturated heterocycles. The molecule has 4 heteroatoms. The van der Waals surface area contributed by atoms with Crippen LogP contribution >= 0.6 is 0 Å². The summed E-state index contributed by atoms with van der Waals surface area (Å²) in [6.07, 6.45) is 2.73. The molecule has 0 amide bonds. The summed E-state index contributed by atoms with van der Waals surface area (Å²) in [5.74, 6) is 0.697. The lowest BCUT2D eigenvalue weighted by Crippen LogP contribution is -2.20. The number of nitrogens with one attached hydrogen (secondary N) is 1. The van der Waals surface area contributed by atoms with Gasteiger partial charge in [0, 0.05) is 37.7 Å². The third-order valence-corrected chi connectivity index (χ3v) is 3.16. The molecule has 0 saturated carbocycles. The molecule has 1 aromatic carbocycles. The van der Waals surface area contributed by atoms with Crippen LogP contribution in [0.3, 0.4) is 0 Å². The summed E-state index contributed by atoms with van der Waals surface area (Å²) in [7, 11) is 4.10. The fourth-order valence-electron chi connectivity index (χ4n) is 2.07. The number of nitrogens with zero attached hydrogens (tertiary/aromatic N) is 3. The van der Waals surface area contributed by atoms with Gasteiger partial charge < -0.3 is 10.2 Å². The minimum atomic E-state index is 0.294. The third kappa shape index (κ3) is 3.95. The van der Waals surface area contributed by atoms with E-state index in [0.29, 0.717) is 12.0 Å². The van der Waals surface area contributed by atoms with Crippen LogP contribution in [0.4, 0.5) is 11.6 Å². The van der Waals surface area contributed by atoms with E-state index in [4.69, 9.17) is 0 Å². The van der Waals surface area contributed by atoms with Gasteiger partial charge in [-0.2, -0.15) is 0 Å². The Morgan fingerprint density at radius 1 is 1.15 bits per heavy atom. The Morgan fingerprint density at radius 2 is 1.85 bits per heavy atom. The van der Waals surface area contributed by atoms with Crippen molar-refractivity contribution in [3.05, 3.63) is 47.8 Å². The van der Waals surface area contributed by atoms with Crippen molar-refractivity contribution in [3.8, 4) is 0 Å². The highest BCUT2D eigenvalue weighted by Gasteiger charge is 2.06. The van der Waals surface area contributed by atoms with Crippen LogP contribution < -0.4 is 10.2 Å². The molecule has 0 bridgehead atoms. The van der Waals surface area contributed by atoms with E-state index in [9.17, 15) is 0 Å². The van der Waals surface area contributed by atoms with Gasteiger partial charge in [0.15, 0.2) is 0 Å². The molecule has 0 aliphatic carbocycles. The summed E-state index contributed by atoms with van der Waals surface area (Å²) in [6, 6.07) is 10.8. The highest BCUT2D eigenvalue weighted by atomic mass is 15.1. The van der Waals surface area contributed by atoms with Crippen molar-refractivity contribution in [1.82, 2.24) is 9.97 Å². The first-order chi connectivity index (χ1) is 9.54. The van der Waals surface area contributed by atoms with Crippen LogP contribution in [0.2, 0.25) is 0 Å². The van der Waals surface area contributed by atoms with Gasteiger partial charge in [0.25, 0.3) is 0 Å². The molecule has 1 heterocycles. The molecule has 20 heavy (non-hydrogen) atoms. The zero-order valence-electron chi connectivity index (χ0n) is 12.6. The quantitative estimate of drug-likeness (QED) is 0.907. The Morgan fingerprint density at radius 3 is 2.45 bits per heavy atom. The largest absolute Gasteiger partial charge is 0.378 e. The van der Waals surface area contributed by atoms with E-state index in [-0.39, 0.29) is 0 Å². The topological polar surface area (TPSA) is 41.1 Å². The van der Waals surface area contributed by atoms with Crippen molar-refractivity contribution in [2.75, 3.05) is 24.3 Å². The van der Waals surface area contributed by atoms with Crippen LogP contribution in [-0.2, 0) is 6.42 Å². The summed E-state index contributed by atoms with van der Waals surface area (Å²) in [6.45, 7) is 4.11. The van der Waals surface area contributed by atoms with Crippen LogP contribution in [0.5, 0.6) is 0 Å². The molecule has 0 aliphatic heterocycles. The monoisotopic (exact) mass is 270 g/mol. The Hall–Kier alpha value is -2.10. The second kappa shape index (κ2) is 6.37. The first-order valence-corrected chi connectivity index (χ1v) is 6.87. The number of aryl methyl sites for hydroxylation is 1. The zero-order valence-corrected chi connectivity index (χ0v) is 12.6. The van der Waals surface area contributed by atoms with Gasteiger partial charge in [-0.1, -0.05) is 12.1 Å². The average molecular weight is 270 g/mol. The van der Waals surface area contributed by atoms with Gasteiger partial charge in [0.05, 0.1) is 0 Å².